The topological polar surface area (TPSA) is 46.5 Å². The molecule has 1 N–H and O–H groups in total. The predicted molar refractivity (Wildman–Crippen MR) is 75.0 cm³/mol. The molecule has 0 fully saturated rings. The van der Waals surface area contributed by atoms with Gasteiger partial charge in [0, 0.05) is 23.7 Å². The summed E-state index contributed by atoms with van der Waals surface area (Å²) >= 11 is 5.23. The number of nitrogens with one attached hydrogen (secondary N) is 1. The largest absolute Gasteiger partial charge is 0.343 e. The van der Waals surface area contributed by atoms with Crippen LogP contribution in [0.2, 0.25) is 0 Å². The maximum Gasteiger partial charge on any atom is 0.130 e. The summed E-state index contributed by atoms with van der Waals surface area (Å²) in [6.07, 6.45) is 3.85. The first-order chi connectivity index (χ1) is 8.40. The molecule has 0 radical (unpaired) electrons. The van der Waals surface area contributed by atoms with Gasteiger partial charge in [-0.05, 0) is 13.0 Å². The monoisotopic (exact) mass is 262 g/mol. The molecule has 2 aromatic heterocycles. The van der Waals surface area contributed by atoms with Crippen LogP contribution in [0.15, 0.2) is 18.5 Å². The zero-order valence-corrected chi connectivity index (χ0v) is 12.0. The minimum atomic E-state index is -0.0513. The zero-order chi connectivity index (χ0) is 13.3. The molecule has 0 saturated carbocycles. The molecule has 18 heavy (non-hydrogen) atoms. The van der Waals surface area contributed by atoms with Gasteiger partial charge in [0.15, 0.2) is 0 Å². The second-order valence-corrected chi connectivity index (χ2v) is 5.73. The van der Waals surface area contributed by atoms with E-state index in [1.54, 1.807) is 0 Å². The van der Waals surface area contributed by atoms with Crippen molar-refractivity contribution in [3.05, 3.63) is 28.9 Å². The van der Waals surface area contributed by atoms with Gasteiger partial charge in [-0.25, -0.2) is 4.98 Å². The molecule has 2 heterocycles. The Kier molecular flexibility index (Phi) is 3.34. The Morgan fingerprint density at radius 1 is 1.39 bits per heavy atom. The van der Waals surface area contributed by atoms with Gasteiger partial charge < -0.3 is 4.98 Å². The van der Waals surface area contributed by atoms with Gasteiger partial charge in [0.2, 0.25) is 0 Å². The maximum atomic E-state index is 5.23. The fraction of sp³-hybridized carbons (Fsp3) is 0.462. The molecule has 96 valence electrons. The van der Waals surface area contributed by atoms with Crippen molar-refractivity contribution in [2.24, 2.45) is 0 Å². The van der Waals surface area contributed by atoms with Gasteiger partial charge in [-0.15, -0.1) is 0 Å². The van der Waals surface area contributed by atoms with Crippen LogP contribution in [0.3, 0.4) is 0 Å². The summed E-state index contributed by atoms with van der Waals surface area (Å²) in [6.45, 7) is 9.25. The number of aryl methyl sites for hydroxylation is 1. The molecule has 0 aliphatic heterocycles. The summed E-state index contributed by atoms with van der Waals surface area (Å²) in [6, 6.07) is 1.88. The van der Waals surface area contributed by atoms with Gasteiger partial charge in [-0.1, -0.05) is 33.0 Å². The van der Waals surface area contributed by atoms with Gasteiger partial charge in [0.05, 0.1) is 11.9 Å². The Hall–Kier alpha value is -1.49. The molecule has 0 aliphatic rings. The van der Waals surface area contributed by atoms with Crippen molar-refractivity contribution in [2.75, 3.05) is 0 Å². The zero-order valence-electron chi connectivity index (χ0n) is 11.2. The van der Waals surface area contributed by atoms with Crippen LogP contribution in [-0.2, 0) is 12.0 Å². The highest BCUT2D eigenvalue weighted by Gasteiger charge is 2.17. The quantitative estimate of drug-likeness (QED) is 0.844. The van der Waals surface area contributed by atoms with Gasteiger partial charge in [-0.3, -0.25) is 4.68 Å². The molecule has 0 aromatic carbocycles. The standard InChI is InChI=1S/C13H18N4S/c1-5-17-8-9(7-14-17)10-6-11(18)16-12(15-10)13(2,3)4/h6-8H,5H2,1-4H3,(H,15,16,18). The third kappa shape index (κ3) is 2.67. The molecular weight excluding hydrogens is 244 g/mol. The molecule has 4 nitrogen and oxygen atoms in total. The second kappa shape index (κ2) is 4.65. The van der Waals surface area contributed by atoms with Gasteiger partial charge in [-0.2, -0.15) is 5.10 Å². The van der Waals surface area contributed by atoms with E-state index in [0.29, 0.717) is 4.64 Å². The Morgan fingerprint density at radius 3 is 2.67 bits per heavy atom. The van der Waals surface area contributed by atoms with Gasteiger partial charge in [0.25, 0.3) is 0 Å². The predicted octanol–water partition coefficient (Wildman–Crippen LogP) is 3.32. The molecular formula is C13H18N4S. The first kappa shape index (κ1) is 13.0. The average Bonchev–Trinajstić information content (AvgIpc) is 2.75. The van der Waals surface area contributed by atoms with Crippen molar-refractivity contribution in [1.29, 1.82) is 0 Å². The molecule has 0 aliphatic carbocycles. The lowest BCUT2D eigenvalue weighted by atomic mass is 9.95. The molecule has 0 bridgehead atoms. The number of rotatable bonds is 2. The third-order valence-electron chi connectivity index (χ3n) is 2.72. The first-order valence-corrected chi connectivity index (χ1v) is 6.45. The molecule has 0 atom stereocenters. The Morgan fingerprint density at radius 2 is 2.11 bits per heavy atom. The van der Waals surface area contributed by atoms with Crippen LogP contribution < -0.4 is 0 Å². The second-order valence-electron chi connectivity index (χ2n) is 5.32. The van der Waals surface area contributed by atoms with Crippen LogP contribution in [-0.4, -0.2) is 19.7 Å². The minimum Gasteiger partial charge on any atom is -0.343 e. The van der Waals surface area contributed by atoms with Crippen molar-refractivity contribution in [3.63, 3.8) is 0 Å². The maximum absolute atomic E-state index is 5.23. The summed E-state index contributed by atoms with van der Waals surface area (Å²) in [5.41, 5.74) is 1.96. The van der Waals surface area contributed by atoms with E-state index in [9.17, 15) is 0 Å². The van der Waals surface area contributed by atoms with E-state index in [2.05, 4.69) is 42.8 Å². The number of aromatic amines is 1. The first-order valence-electron chi connectivity index (χ1n) is 6.05. The van der Waals surface area contributed by atoms with Crippen molar-refractivity contribution < 1.29 is 0 Å². The Bertz CT molecular complexity index is 604. The molecule has 0 spiro atoms. The molecule has 0 amide bonds. The number of hydrogen-bond donors (Lipinski definition) is 1. The molecule has 2 rings (SSSR count). The summed E-state index contributed by atoms with van der Waals surface area (Å²) in [4.78, 5) is 7.74. The van der Waals surface area contributed by atoms with E-state index in [-0.39, 0.29) is 5.41 Å². The fourth-order valence-corrected chi connectivity index (χ4v) is 1.85. The highest BCUT2D eigenvalue weighted by molar-refractivity contribution is 7.71. The fourth-order valence-electron chi connectivity index (χ4n) is 1.64. The summed E-state index contributed by atoms with van der Waals surface area (Å²) < 4.78 is 2.50. The summed E-state index contributed by atoms with van der Waals surface area (Å²) in [7, 11) is 0. The van der Waals surface area contributed by atoms with Gasteiger partial charge in [0.1, 0.15) is 10.5 Å². The van der Waals surface area contributed by atoms with Crippen LogP contribution in [0.1, 0.15) is 33.5 Å². The van der Waals surface area contributed by atoms with Crippen LogP contribution in [0.25, 0.3) is 11.3 Å². The normalized spacial score (nSPS) is 11.8. The van der Waals surface area contributed by atoms with E-state index in [1.165, 1.54) is 0 Å². The Balaban J connectivity index is 2.51. The van der Waals surface area contributed by atoms with E-state index in [4.69, 9.17) is 12.2 Å². The average molecular weight is 262 g/mol. The van der Waals surface area contributed by atoms with Crippen LogP contribution in [0.5, 0.6) is 0 Å². The molecule has 0 unspecified atom stereocenters. The van der Waals surface area contributed by atoms with E-state index >= 15 is 0 Å². The number of H-pyrrole nitrogens is 1. The van der Waals surface area contributed by atoms with Crippen molar-refractivity contribution in [3.8, 4) is 11.3 Å². The lowest BCUT2D eigenvalue weighted by Gasteiger charge is -2.18. The van der Waals surface area contributed by atoms with Crippen LogP contribution in [0.4, 0.5) is 0 Å². The Labute approximate surface area is 112 Å². The van der Waals surface area contributed by atoms with Crippen molar-refractivity contribution >= 4 is 12.2 Å². The highest BCUT2D eigenvalue weighted by atomic mass is 32.1. The third-order valence-corrected chi connectivity index (χ3v) is 2.93. The van der Waals surface area contributed by atoms with Gasteiger partial charge >= 0.3 is 0 Å². The highest BCUT2D eigenvalue weighted by Crippen LogP contribution is 2.22. The summed E-state index contributed by atoms with van der Waals surface area (Å²) in [5.74, 6) is 0.897. The van der Waals surface area contributed by atoms with Crippen LogP contribution >= 0.6 is 12.2 Å². The van der Waals surface area contributed by atoms with Crippen LogP contribution in [0, 0.1) is 4.64 Å². The van der Waals surface area contributed by atoms with E-state index < -0.39 is 0 Å². The number of hydrogen-bond acceptors (Lipinski definition) is 3. The lowest BCUT2D eigenvalue weighted by Crippen LogP contribution is -2.16. The summed E-state index contributed by atoms with van der Waals surface area (Å²) in [5, 5.41) is 4.27. The van der Waals surface area contributed by atoms with E-state index in [0.717, 1.165) is 23.6 Å². The minimum absolute atomic E-state index is 0.0513. The number of aromatic nitrogens is 4. The van der Waals surface area contributed by atoms with E-state index in [1.807, 2.05) is 23.1 Å². The molecule has 5 heteroatoms. The lowest BCUT2D eigenvalue weighted by molar-refractivity contribution is 0.545. The molecule has 0 saturated heterocycles. The smallest absolute Gasteiger partial charge is 0.130 e. The SMILES string of the molecule is CCn1cc(-c2cc(=S)nc(C(C)(C)C)[nH]2)cn1. The molecule has 2 aromatic rings. The number of nitrogens with zero attached hydrogens (tertiary/aromatic N) is 3. The van der Waals surface area contributed by atoms with Crippen molar-refractivity contribution in [2.45, 2.75) is 39.7 Å². The van der Waals surface area contributed by atoms with Crippen molar-refractivity contribution in [1.82, 2.24) is 19.7 Å².